The maximum atomic E-state index is 4.64. The second-order valence-electron chi connectivity index (χ2n) is 7.30. The molecule has 0 bridgehead atoms. The summed E-state index contributed by atoms with van der Waals surface area (Å²) in [5, 5.41) is 0. The molecule has 132 valence electrons. The van der Waals surface area contributed by atoms with Crippen LogP contribution in [0.5, 0.6) is 0 Å². The number of rotatable bonds is 4. The lowest BCUT2D eigenvalue weighted by Crippen LogP contribution is -2.20. The van der Waals surface area contributed by atoms with Crippen LogP contribution in [-0.2, 0) is 6.54 Å². The molecule has 0 amide bonds. The molecule has 5 nitrogen and oxygen atoms in total. The van der Waals surface area contributed by atoms with Crippen molar-refractivity contribution in [2.24, 2.45) is 5.92 Å². The summed E-state index contributed by atoms with van der Waals surface area (Å²) in [7, 11) is 0. The van der Waals surface area contributed by atoms with Crippen LogP contribution in [0.4, 0.5) is 0 Å². The molecule has 3 aromatic heterocycles. The molecular formula is C21H23N5. The van der Waals surface area contributed by atoms with Crippen molar-refractivity contribution in [1.29, 1.82) is 0 Å². The molecule has 5 rings (SSSR count). The molecular weight excluding hydrogens is 322 g/mol. The summed E-state index contributed by atoms with van der Waals surface area (Å²) >= 11 is 0. The van der Waals surface area contributed by atoms with Crippen LogP contribution in [0.1, 0.15) is 30.5 Å². The minimum absolute atomic E-state index is 0.499. The van der Waals surface area contributed by atoms with E-state index >= 15 is 0 Å². The van der Waals surface area contributed by atoms with Gasteiger partial charge in [-0.3, -0.25) is 9.30 Å². The number of nitrogens with zero attached hydrogens (tertiary/aromatic N) is 4. The summed E-state index contributed by atoms with van der Waals surface area (Å²) < 4.78 is 2.29. The lowest BCUT2D eigenvalue weighted by molar-refractivity contribution is 0.314. The highest BCUT2D eigenvalue weighted by molar-refractivity contribution is 5.74. The van der Waals surface area contributed by atoms with Crippen molar-refractivity contribution in [1.82, 2.24) is 24.3 Å². The van der Waals surface area contributed by atoms with E-state index in [4.69, 9.17) is 0 Å². The van der Waals surface area contributed by atoms with Gasteiger partial charge in [0.05, 0.1) is 11.7 Å². The zero-order chi connectivity index (χ0) is 17.5. The zero-order valence-corrected chi connectivity index (χ0v) is 15.0. The molecule has 0 unspecified atom stereocenters. The molecule has 5 heteroatoms. The van der Waals surface area contributed by atoms with Crippen LogP contribution in [0, 0.1) is 5.92 Å². The molecule has 1 N–H and O–H groups in total. The molecule has 0 radical (unpaired) electrons. The van der Waals surface area contributed by atoms with Crippen LogP contribution in [0.25, 0.3) is 16.8 Å². The van der Waals surface area contributed by atoms with Gasteiger partial charge in [-0.1, -0.05) is 43.7 Å². The van der Waals surface area contributed by atoms with Gasteiger partial charge in [0.1, 0.15) is 0 Å². The Kier molecular flexibility index (Phi) is 3.75. The Morgan fingerprint density at radius 2 is 1.96 bits per heavy atom. The lowest BCUT2D eigenvalue weighted by Gasteiger charge is -2.17. The lowest BCUT2D eigenvalue weighted by atomic mass is 9.91. The Morgan fingerprint density at radius 3 is 2.81 bits per heavy atom. The third-order valence-corrected chi connectivity index (χ3v) is 5.74. The molecule has 26 heavy (non-hydrogen) atoms. The second kappa shape index (κ2) is 6.25. The van der Waals surface area contributed by atoms with Crippen molar-refractivity contribution >= 4 is 16.8 Å². The largest absolute Gasteiger partial charge is 0.345 e. The van der Waals surface area contributed by atoms with E-state index in [0.29, 0.717) is 11.8 Å². The highest BCUT2D eigenvalue weighted by atomic mass is 15.2. The van der Waals surface area contributed by atoms with Crippen molar-refractivity contribution in [3.05, 3.63) is 66.2 Å². The van der Waals surface area contributed by atoms with E-state index in [-0.39, 0.29) is 0 Å². The minimum atomic E-state index is 0.499. The number of aromatic amines is 1. The molecule has 1 aliphatic rings. The zero-order valence-electron chi connectivity index (χ0n) is 15.0. The minimum Gasteiger partial charge on any atom is -0.345 e. The summed E-state index contributed by atoms with van der Waals surface area (Å²) in [6.45, 7) is 5.55. The van der Waals surface area contributed by atoms with Gasteiger partial charge in [0, 0.05) is 43.6 Å². The van der Waals surface area contributed by atoms with E-state index in [2.05, 4.69) is 73.8 Å². The number of likely N-dealkylation sites (tertiary alicyclic amines) is 1. The third-order valence-electron chi connectivity index (χ3n) is 5.74. The molecule has 0 saturated carbocycles. The van der Waals surface area contributed by atoms with E-state index in [9.17, 15) is 0 Å². The maximum Gasteiger partial charge on any atom is 0.156 e. The van der Waals surface area contributed by atoms with E-state index in [1.807, 2.05) is 12.4 Å². The predicted octanol–water partition coefficient (Wildman–Crippen LogP) is 3.84. The highest BCUT2D eigenvalue weighted by Crippen LogP contribution is 2.36. The topological polar surface area (TPSA) is 49.2 Å². The fourth-order valence-electron chi connectivity index (χ4n) is 4.43. The number of imidazole rings is 1. The number of aromatic nitrogens is 4. The van der Waals surface area contributed by atoms with Crippen LogP contribution in [0.2, 0.25) is 0 Å². The van der Waals surface area contributed by atoms with Crippen LogP contribution in [-0.4, -0.2) is 37.3 Å². The smallest absolute Gasteiger partial charge is 0.156 e. The van der Waals surface area contributed by atoms with Crippen LogP contribution in [0.3, 0.4) is 0 Å². The van der Waals surface area contributed by atoms with Gasteiger partial charge >= 0.3 is 0 Å². The standard InChI is InChI=1S/C21H23N5/c1-2-16-13-25(12-15-6-4-3-5-7-15)14-17(16)19-10-23-20-11-24-21-18(26(19)20)8-9-22-21/h3-11,16-17,22H,2,12-14H2,1H3/t16-,17+/m1/s1. The van der Waals surface area contributed by atoms with Gasteiger partial charge in [0.25, 0.3) is 0 Å². The van der Waals surface area contributed by atoms with Gasteiger partial charge in [-0.05, 0) is 17.5 Å². The fourth-order valence-corrected chi connectivity index (χ4v) is 4.43. The molecule has 0 spiro atoms. The number of benzene rings is 1. The van der Waals surface area contributed by atoms with Gasteiger partial charge < -0.3 is 4.98 Å². The summed E-state index contributed by atoms with van der Waals surface area (Å²) in [5.74, 6) is 1.15. The Labute approximate surface area is 152 Å². The Balaban J connectivity index is 1.51. The van der Waals surface area contributed by atoms with Crippen molar-refractivity contribution < 1.29 is 0 Å². The molecule has 4 aromatic rings. The van der Waals surface area contributed by atoms with E-state index in [0.717, 1.165) is 36.4 Å². The first-order valence-corrected chi connectivity index (χ1v) is 9.39. The monoisotopic (exact) mass is 345 g/mol. The second-order valence-corrected chi connectivity index (χ2v) is 7.30. The molecule has 1 aliphatic heterocycles. The van der Waals surface area contributed by atoms with Gasteiger partial charge in [-0.2, -0.15) is 0 Å². The first-order chi connectivity index (χ1) is 12.8. The number of nitrogens with one attached hydrogen (secondary N) is 1. The fraction of sp³-hybridized carbons (Fsp3) is 0.333. The quantitative estimate of drug-likeness (QED) is 0.611. The summed E-state index contributed by atoms with van der Waals surface area (Å²) in [6.07, 6.45) is 7.06. The van der Waals surface area contributed by atoms with Crippen molar-refractivity contribution in [3.63, 3.8) is 0 Å². The van der Waals surface area contributed by atoms with Gasteiger partial charge in [0.2, 0.25) is 0 Å². The molecule has 4 heterocycles. The summed E-state index contributed by atoms with van der Waals surface area (Å²) in [4.78, 5) is 14.9. The number of fused-ring (bicyclic) bond motifs is 3. The molecule has 1 fully saturated rings. The Bertz CT molecular complexity index is 1030. The predicted molar refractivity (Wildman–Crippen MR) is 103 cm³/mol. The van der Waals surface area contributed by atoms with Crippen LogP contribution in [0.15, 0.2) is 55.0 Å². The average molecular weight is 345 g/mol. The highest BCUT2D eigenvalue weighted by Gasteiger charge is 2.34. The molecule has 1 saturated heterocycles. The molecule has 0 aliphatic carbocycles. The van der Waals surface area contributed by atoms with Crippen molar-refractivity contribution in [2.45, 2.75) is 25.8 Å². The number of hydrogen-bond acceptors (Lipinski definition) is 3. The number of hydrogen-bond donors (Lipinski definition) is 1. The van der Waals surface area contributed by atoms with E-state index < -0.39 is 0 Å². The average Bonchev–Trinajstić information content (AvgIpc) is 3.39. The van der Waals surface area contributed by atoms with Crippen molar-refractivity contribution in [2.75, 3.05) is 13.1 Å². The first-order valence-electron chi connectivity index (χ1n) is 9.39. The van der Waals surface area contributed by atoms with Crippen LogP contribution >= 0.6 is 0 Å². The first kappa shape index (κ1) is 15.6. The normalized spacial score (nSPS) is 21.1. The number of H-pyrrole nitrogens is 1. The Morgan fingerprint density at radius 1 is 1.08 bits per heavy atom. The third kappa shape index (κ3) is 2.51. The maximum absolute atomic E-state index is 4.64. The van der Waals surface area contributed by atoms with E-state index in [1.54, 1.807) is 0 Å². The molecule has 1 aromatic carbocycles. The summed E-state index contributed by atoms with van der Waals surface area (Å²) in [6, 6.07) is 12.9. The van der Waals surface area contributed by atoms with Gasteiger partial charge in [-0.25, -0.2) is 9.97 Å². The Hall–Kier alpha value is -2.66. The van der Waals surface area contributed by atoms with Gasteiger partial charge in [0.15, 0.2) is 11.3 Å². The SMILES string of the molecule is CC[C@@H]1CN(Cc2ccccc2)C[C@@H]1c1cnc2cnc3[nH]ccc3n12. The van der Waals surface area contributed by atoms with Gasteiger partial charge in [-0.15, -0.1) is 0 Å². The molecule has 2 atom stereocenters. The summed E-state index contributed by atoms with van der Waals surface area (Å²) in [5.41, 5.74) is 5.67. The van der Waals surface area contributed by atoms with Crippen molar-refractivity contribution in [3.8, 4) is 0 Å². The van der Waals surface area contributed by atoms with E-state index in [1.165, 1.54) is 17.7 Å². The van der Waals surface area contributed by atoms with Crippen LogP contribution < -0.4 is 0 Å².